The summed E-state index contributed by atoms with van der Waals surface area (Å²) in [6, 6.07) is 17.0. The van der Waals surface area contributed by atoms with Crippen molar-refractivity contribution in [3.63, 3.8) is 0 Å². The summed E-state index contributed by atoms with van der Waals surface area (Å²) in [5.74, 6) is 0. The largest absolute Gasteiger partial charge is 0.301 e. The molecule has 5 rings (SSSR count). The molecular formula is C25H31N5O. The number of hydrogen-bond donors (Lipinski definition) is 0. The van der Waals surface area contributed by atoms with Gasteiger partial charge in [0.2, 0.25) is 0 Å². The fraction of sp³-hybridized carbons (Fsp3) is 0.480. The van der Waals surface area contributed by atoms with E-state index in [0.717, 1.165) is 45.6 Å². The topological polar surface area (TPSA) is 54.3 Å². The molecular weight excluding hydrogens is 386 g/mol. The van der Waals surface area contributed by atoms with Crippen LogP contribution < -0.4 is 5.56 Å². The number of aromatic nitrogens is 3. The molecule has 1 aliphatic heterocycles. The van der Waals surface area contributed by atoms with Gasteiger partial charge in [-0.2, -0.15) is 0 Å². The third-order valence-corrected chi connectivity index (χ3v) is 6.91. The van der Waals surface area contributed by atoms with Crippen LogP contribution in [0.25, 0.3) is 10.9 Å². The maximum absolute atomic E-state index is 12.5. The number of rotatable bonds is 6. The van der Waals surface area contributed by atoms with Gasteiger partial charge < -0.3 is 4.90 Å². The van der Waals surface area contributed by atoms with Crippen LogP contribution in [0.5, 0.6) is 0 Å². The summed E-state index contributed by atoms with van der Waals surface area (Å²) in [5.41, 5.74) is 3.74. The van der Waals surface area contributed by atoms with Crippen molar-refractivity contribution in [3.05, 3.63) is 70.0 Å². The predicted octanol–water partition coefficient (Wildman–Crippen LogP) is 3.27. The summed E-state index contributed by atoms with van der Waals surface area (Å²) < 4.78 is 1.51. The second-order valence-electron chi connectivity index (χ2n) is 8.83. The molecule has 2 aliphatic rings. The van der Waals surface area contributed by atoms with Crippen LogP contribution >= 0.6 is 0 Å². The maximum Gasteiger partial charge on any atom is 0.277 e. The number of unbranched alkanes of at least 4 members (excludes halogenated alkanes) is 1. The standard InChI is InChI=1S/C25H31N5O/c31-25-22-11-3-4-12-23(22)26-27-30(25)15-6-5-14-28-16-18-29(19-17-28)24-13-7-9-20-8-1-2-10-21(20)24/h1-4,8,10-12,24H,5-7,9,13-19H2/t24-/m0/s1. The van der Waals surface area contributed by atoms with E-state index in [4.69, 9.17) is 0 Å². The van der Waals surface area contributed by atoms with Crippen molar-refractivity contribution in [2.24, 2.45) is 0 Å². The molecule has 1 fully saturated rings. The molecule has 0 radical (unpaired) electrons. The van der Waals surface area contributed by atoms with Crippen molar-refractivity contribution in [2.75, 3.05) is 32.7 Å². The molecule has 0 amide bonds. The fourth-order valence-corrected chi connectivity index (χ4v) is 5.17. The zero-order valence-corrected chi connectivity index (χ0v) is 18.1. The van der Waals surface area contributed by atoms with E-state index in [9.17, 15) is 4.79 Å². The Balaban J connectivity index is 1.09. The SMILES string of the molecule is O=c1c2ccccc2nnn1CCCCN1CCN([C@H]2CCCc3ccccc32)CC1. The summed E-state index contributed by atoms with van der Waals surface area (Å²) in [6.45, 7) is 6.28. The lowest BCUT2D eigenvalue weighted by Gasteiger charge is -2.41. The average molecular weight is 418 g/mol. The molecule has 1 aromatic heterocycles. The highest BCUT2D eigenvalue weighted by molar-refractivity contribution is 5.76. The number of piperazine rings is 1. The number of aryl methyl sites for hydroxylation is 2. The molecule has 3 aromatic rings. The first-order valence-corrected chi connectivity index (χ1v) is 11.7. The van der Waals surface area contributed by atoms with E-state index >= 15 is 0 Å². The minimum Gasteiger partial charge on any atom is -0.301 e. The van der Waals surface area contributed by atoms with E-state index in [-0.39, 0.29) is 5.56 Å². The Morgan fingerprint density at radius 2 is 1.68 bits per heavy atom. The van der Waals surface area contributed by atoms with Crippen LogP contribution in [-0.4, -0.2) is 57.5 Å². The van der Waals surface area contributed by atoms with E-state index in [1.807, 2.05) is 24.3 Å². The van der Waals surface area contributed by atoms with Crippen LogP contribution in [0.15, 0.2) is 53.3 Å². The Bertz CT molecular complexity index is 1090. The van der Waals surface area contributed by atoms with Crippen molar-refractivity contribution >= 4 is 10.9 Å². The first kappa shape index (κ1) is 20.3. The number of nitrogens with zero attached hydrogens (tertiary/aromatic N) is 5. The van der Waals surface area contributed by atoms with Crippen LogP contribution in [0.2, 0.25) is 0 Å². The van der Waals surface area contributed by atoms with Gasteiger partial charge in [0.25, 0.3) is 5.56 Å². The smallest absolute Gasteiger partial charge is 0.277 e. The third-order valence-electron chi connectivity index (χ3n) is 6.91. The summed E-state index contributed by atoms with van der Waals surface area (Å²) >= 11 is 0. The monoisotopic (exact) mass is 417 g/mol. The van der Waals surface area contributed by atoms with E-state index in [1.165, 1.54) is 23.9 Å². The normalized spacial score (nSPS) is 20.1. The van der Waals surface area contributed by atoms with Crippen molar-refractivity contribution < 1.29 is 0 Å². The summed E-state index contributed by atoms with van der Waals surface area (Å²) in [5, 5.41) is 8.93. The summed E-state index contributed by atoms with van der Waals surface area (Å²) in [6.07, 6.45) is 5.85. The van der Waals surface area contributed by atoms with E-state index in [2.05, 4.69) is 44.4 Å². The summed E-state index contributed by atoms with van der Waals surface area (Å²) in [4.78, 5) is 17.8. The van der Waals surface area contributed by atoms with Crippen LogP contribution in [0.3, 0.4) is 0 Å². The molecule has 0 bridgehead atoms. The zero-order chi connectivity index (χ0) is 21.0. The molecule has 0 unspecified atom stereocenters. The molecule has 1 saturated heterocycles. The molecule has 2 aromatic carbocycles. The summed E-state index contributed by atoms with van der Waals surface area (Å²) in [7, 11) is 0. The van der Waals surface area contributed by atoms with E-state index < -0.39 is 0 Å². The Hall–Kier alpha value is -2.57. The van der Waals surface area contributed by atoms with Gasteiger partial charge in [-0.15, -0.1) is 5.10 Å². The molecule has 162 valence electrons. The lowest BCUT2D eigenvalue weighted by Crippen LogP contribution is -2.48. The molecule has 31 heavy (non-hydrogen) atoms. The Labute approximate surface area is 183 Å². The van der Waals surface area contributed by atoms with E-state index in [0.29, 0.717) is 23.5 Å². The molecule has 6 nitrogen and oxygen atoms in total. The fourth-order valence-electron chi connectivity index (χ4n) is 5.17. The van der Waals surface area contributed by atoms with Gasteiger partial charge >= 0.3 is 0 Å². The number of benzene rings is 2. The molecule has 0 spiro atoms. The van der Waals surface area contributed by atoms with Gasteiger partial charge in [-0.1, -0.05) is 41.6 Å². The second kappa shape index (κ2) is 9.28. The molecule has 1 atom stereocenters. The minimum atomic E-state index is -0.0352. The van der Waals surface area contributed by atoms with Crippen LogP contribution in [0, 0.1) is 0 Å². The first-order chi connectivity index (χ1) is 15.3. The lowest BCUT2D eigenvalue weighted by molar-refractivity contribution is 0.0869. The Morgan fingerprint density at radius 3 is 2.58 bits per heavy atom. The van der Waals surface area contributed by atoms with Crippen LogP contribution in [-0.2, 0) is 13.0 Å². The van der Waals surface area contributed by atoms with Gasteiger partial charge in [0.15, 0.2) is 0 Å². The van der Waals surface area contributed by atoms with Gasteiger partial charge in [-0.05, 0) is 61.9 Å². The van der Waals surface area contributed by atoms with Crippen molar-refractivity contribution in [1.29, 1.82) is 0 Å². The van der Waals surface area contributed by atoms with Crippen LogP contribution in [0.1, 0.15) is 42.9 Å². The average Bonchev–Trinajstić information content (AvgIpc) is 2.83. The molecule has 0 N–H and O–H groups in total. The highest BCUT2D eigenvalue weighted by Gasteiger charge is 2.28. The van der Waals surface area contributed by atoms with Gasteiger partial charge in [0.1, 0.15) is 5.52 Å². The maximum atomic E-state index is 12.5. The molecule has 6 heteroatoms. The first-order valence-electron chi connectivity index (χ1n) is 11.7. The third kappa shape index (κ3) is 4.41. The quantitative estimate of drug-likeness (QED) is 0.576. The lowest BCUT2D eigenvalue weighted by atomic mass is 9.86. The number of hydrogen-bond acceptors (Lipinski definition) is 5. The van der Waals surface area contributed by atoms with Crippen LogP contribution in [0.4, 0.5) is 0 Å². The Morgan fingerprint density at radius 1 is 0.903 bits per heavy atom. The highest BCUT2D eigenvalue weighted by Crippen LogP contribution is 2.34. The molecule has 2 heterocycles. The van der Waals surface area contributed by atoms with Crippen molar-refractivity contribution in [2.45, 2.75) is 44.7 Å². The number of fused-ring (bicyclic) bond motifs is 2. The van der Waals surface area contributed by atoms with Gasteiger partial charge in [0.05, 0.1) is 5.39 Å². The highest BCUT2D eigenvalue weighted by atomic mass is 16.1. The van der Waals surface area contributed by atoms with Crippen molar-refractivity contribution in [3.8, 4) is 0 Å². The van der Waals surface area contributed by atoms with Gasteiger partial charge in [-0.25, -0.2) is 4.68 Å². The van der Waals surface area contributed by atoms with Gasteiger partial charge in [-0.3, -0.25) is 9.69 Å². The van der Waals surface area contributed by atoms with Gasteiger partial charge in [0, 0.05) is 38.8 Å². The zero-order valence-electron chi connectivity index (χ0n) is 18.1. The molecule has 1 aliphatic carbocycles. The second-order valence-corrected chi connectivity index (χ2v) is 8.83. The van der Waals surface area contributed by atoms with E-state index in [1.54, 1.807) is 11.1 Å². The minimum absolute atomic E-state index is 0.0352. The van der Waals surface area contributed by atoms with Crippen molar-refractivity contribution in [1.82, 2.24) is 24.8 Å². The Kier molecular flexibility index (Phi) is 6.09. The molecule has 0 saturated carbocycles. The predicted molar refractivity (Wildman–Crippen MR) is 123 cm³/mol.